The Morgan fingerprint density at radius 1 is 1.06 bits per heavy atom. The molecule has 0 aliphatic rings. The number of carbonyl (C=O) groups excluding carboxylic acids is 1. The van der Waals surface area contributed by atoms with Gasteiger partial charge < -0.3 is 5.32 Å². The van der Waals surface area contributed by atoms with Gasteiger partial charge in [-0.05, 0) is 68.8 Å². The van der Waals surface area contributed by atoms with Crippen molar-refractivity contribution in [1.82, 2.24) is 19.8 Å². The Labute approximate surface area is 196 Å². The fraction of sp³-hybridized carbons (Fsp3) is 0.304. The van der Waals surface area contributed by atoms with E-state index in [0.717, 1.165) is 11.6 Å². The van der Waals surface area contributed by atoms with Gasteiger partial charge in [-0.15, -0.1) is 0 Å². The van der Waals surface area contributed by atoms with E-state index in [1.54, 1.807) is 32.0 Å². The zero-order valence-electron chi connectivity index (χ0n) is 18.9. The normalized spacial score (nSPS) is 12.1. The molecule has 1 amide bonds. The first kappa shape index (κ1) is 25.4. The largest absolute Gasteiger partial charge is 0.416 e. The summed E-state index contributed by atoms with van der Waals surface area (Å²) in [5.41, 5.74) is 1.54. The van der Waals surface area contributed by atoms with Gasteiger partial charge in [0, 0.05) is 18.7 Å². The van der Waals surface area contributed by atoms with Gasteiger partial charge in [0.1, 0.15) is 0 Å². The van der Waals surface area contributed by atoms with Gasteiger partial charge in [0.25, 0.3) is 0 Å². The van der Waals surface area contributed by atoms with Gasteiger partial charge in [-0.25, -0.2) is 17.8 Å². The van der Waals surface area contributed by atoms with E-state index in [1.807, 2.05) is 0 Å². The number of nitrogens with zero attached hydrogens (tertiary/aromatic N) is 2. The molecule has 34 heavy (non-hydrogen) atoms. The molecule has 3 rings (SSSR count). The molecule has 2 N–H and O–H groups in total. The molecule has 0 unspecified atom stereocenters. The van der Waals surface area contributed by atoms with Crippen LogP contribution in [0.15, 0.2) is 53.4 Å². The lowest BCUT2D eigenvalue weighted by molar-refractivity contribution is -0.138. The molecule has 0 spiro atoms. The standard InChI is InChI=1S/C23H25F3N4O3S/c1-15-12-16(2)30(29-15)19-8-7-18(21(13-19)23(24,25)26)14-28-22(31)11-6-17-4-9-20(10-5-17)34(32,33)27-3/h4-5,7-10,12-13,27H,6,11,14H2,1-3H3,(H,28,31). The summed E-state index contributed by atoms with van der Waals surface area (Å²) in [6.45, 7) is 3.25. The molecule has 1 aromatic heterocycles. The minimum absolute atomic E-state index is 0.0450. The Bertz CT molecular complexity index is 1280. The summed E-state index contributed by atoms with van der Waals surface area (Å²) in [5.74, 6) is -0.414. The van der Waals surface area contributed by atoms with Crippen LogP contribution >= 0.6 is 0 Å². The maximum absolute atomic E-state index is 13.7. The monoisotopic (exact) mass is 494 g/mol. The van der Waals surface area contributed by atoms with Gasteiger partial charge in [-0.2, -0.15) is 18.3 Å². The van der Waals surface area contributed by atoms with E-state index in [1.165, 1.54) is 36.0 Å². The molecular weight excluding hydrogens is 469 g/mol. The van der Waals surface area contributed by atoms with Gasteiger partial charge in [0.15, 0.2) is 0 Å². The highest BCUT2D eigenvalue weighted by Crippen LogP contribution is 2.33. The van der Waals surface area contributed by atoms with Crippen molar-refractivity contribution in [2.75, 3.05) is 7.05 Å². The van der Waals surface area contributed by atoms with E-state index in [0.29, 0.717) is 17.8 Å². The topological polar surface area (TPSA) is 93.1 Å². The van der Waals surface area contributed by atoms with Crippen LogP contribution in [0.1, 0.15) is 34.5 Å². The lowest BCUT2D eigenvalue weighted by atomic mass is 10.1. The van der Waals surface area contributed by atoms with Crippen LogP contribution in [0.4, 0.5) is 13.2 Å². The van der Waals surface area contributed by atoms with Crippen LogP contribution < -0.4 is 10.0 Å². The Kier molecular flexibility index (Phi) is 7.47. The number of hydrogen-bond acceptors (Lipinski definition) is 4. The minimum Gasteiger partial charge on any atom is -0.352 e. The highest BCUT2D eigenvalue weighted by molar-refractivity contribution is 7.89. The van der Waals surface area contributed by atoms with Gasteiger partial charge in [0.05, 0.1) is 21.8 Å². The fourth-order valence-corrected chi connectivity index (χ4v) is 4.23. The van der Waals surface area contributed by atoms with E-state index < -0.39 is 27.7 Å². The second-order valence-electron chi connectivity index (χ2n) is 7.81. The number of benzene rings is 2. The molecule has 0 atom stereocenters. The Morgan fingerprint density at radius 2 is 1.74 bits per heavy atom. The number of alkyl halides is 3. The fourth-order valence-electron chi connectivity index (χ4n) is 3.50. The molecule has 0 bridgehead atoms. The molecule has 0 aliphatic heterocycles. The molecule has 182 valence electrons. The number of carbonyl (C=O) groups is 1. The maximum Gasteiger partial charge on any atom is 0.416 e. The lowest BCUT2D eigenvalue weighted by Gasteiger charge is -2.16. The molecule has 0 radical (unpaired) electrons. The number of aromatic nitrogens is 2. The van der Waals surface area contributed by atoms with Crippen molar-refractivity contribution in [3.05, 3.63) is 76.6 Å². The van der Waals surface area contributed by atoms with E-state index in [2.05, 4.69) is 15.1 Å². The number of rotatable bonds is 8. The zero-order valence-corrected chi connectivity index (χ0v) is 19.7. The third-order valence-electron chi connectivity index (χ3n) is 5.27. The lowest BCUT2D eigenvalue weighted by Crippen LogP contribution is -2.25. The third-order valence-corrected chi connectivity index (χ3v) is 6.70. The second kappa shape index (κ2) is 9.98. The summed E-state index contributed by atoms with van der Waals surface area (Å²) in [4.78, 5) is 12.4. The molecule has 0 saturated carbocycles. The molecule has 0 aliphatic carbocycles. The first-order valence-corrected chi connectivity index (χ1v) is 11.9. The number of amides is 1. The van der Waals surface area contributed by atoms with Gasteiger partial charge in [-0.1, -0.05) is 18.2 Å². The Hall–Kier alpha value is -3.18. The number of sulfonamides is 1. The van der Waals surface area contributed by atoms with Crippen LogP contribution in [-0.2, 0) is 34.0 Å². The predicted molar refractivity (Wildman–Crippen MR) is 121 cm³/mol. The molecule has 0 saturated heterocycles. The van der Waals surface area contributed by atoms with Crippen LogP contribution in [-0.4, -0.2) is 31.2 Å². The number of nitrogens with one attached hydrogen (secondary N) is 2. The summed E-state index contributed by atoms with van der Waals surface area (Å²) in [5, 5.41) is 6.76. The first-order chi connectivity index (χ1) is 15.9. The van der Waals surface area contributed by atoms with E-state index >= 15 is 0 Å². The average molecular weight is 495 g/mol. The quantitative estimate of drug-likeness (QED) is 0.500. The molecule has 11 heteroatoms. The van der Waals surface area contributed by atoms with Gasteiger partial charge >= 0.3 is 6.18 Å². The summed E-state index contributed by atoms with van der Waals surface area (Å²) in [7, 11) is -2.24. The molecule has 0 fully saturated rings. The van der Waals surface area contributed by atoms with Crippen molar-refractivity contribution in [3.63, 3.8) is 0 Å². The molecule has 2 aromatic carbocycles. The zero-order chi connectivity index (χ0) is 25.1. The van der Waals surface area contributed by atoms with Crippen molar-refractivity contribution in [3.8, 4) is 5.69 Å². The maximum atomic E-state index is 13.7. The SMILES string of the molecule is CNS(=O)(=O)c1ccc(CCC(=O)NCc2ccc(-n3nc(C)cc3C)cc2C(F)(F)F)cc1. The average Bonchev–Trinajstić information content (AvgIpc) is 3.13. The van der Waals surface area contributed by atoms with Crippen molar-refractivity contribution >= 4 is 15.9 Å². The summed E-state index contributed by atoms with van der Waals surface area (Å²) in [6, 6.07) is 11.7. The van der Waals surface area contributed by atoms with Crippen molar-refractivity contribution < 1.29 is 26.4 Å². The van der Waals surface area contributed by atoms with Crippen molar-refractivity contribution in [2.24, 2.45) is 0 Å². The number of halogens is 3. The molecule has 3 aromatic rings. The smallest absolute Gasteiger partial charge is 0.352 e. The molecule has 7 nitrogen and oxygen atoms in total. The summed E-state index contributed by atoms with van der Waals surface area (Å²) >= 11 is 0. The third kappa shape index (κ3) is 6.03. The highest BCUT2D eigenvalue weighted by Gasteiger charge is 2.34. The minimum atomic E-state index is -4.60. The predicted octanol–water partition coefficient (Wildman–Crippen LogP) is 3.67. The number of aryl methyl sites for hydroxylation is 3. The Balaban J connectivity index is 1.66. The summed E-state index contributed by atoms with van der Waals surface area (Å²) in [6.07, 6.45) is -4.24. The van der Waals surface area contributed by atoms with Crippen LogP contribution in [0, 0.1) is 13.8 Å². The van der Waals surface area contributed by atoms with E-state index in [-0.39, 0.29) is 29.1 Å². The van der Waals surface area contributed by atoms with Gasteiger partial charge in [-0.3, -0.25) is 4.79 Å². The van der Waals surface area contributed by atoms with Crippen LogP contribution in [0.25, 0.3) is 5.69 Å². The number of hydrogen-bond donors (Lipinski definition) is 2. The van der Waals surface area contributed by atoms with E-state index in [4.69, 9.17) is 0 Å². The van der Waals surface area contributed by atoms with Crippen molar-refractivity contribution in [1.29, 1.82) is 0 Å². The summed E-state index contributed by atoms with van der Waals surface area (Å²) < 4.78 is 68.3. The van der Waals surface area contributed by atoms with Gasteiger partial charge in [0.2, 0.25) is 15.9 Å². The van der Waals surface area contributed by atoms with Crippen molar-refractivity contribution in [2.45, 2.75) is 44.3 Å². The van der Waals surface area contributed by atoms with Crippen LogP contribution in [0.3, 0.4) is 0 Å². The molecular formula is C23H25F3N4O3S. The Morgan fingerprint density at radius 3 is 2.29 bits per heavy atom. The van der Waals surface area contributed by atoms with Crippen LogP contribution in [0.2, 0.25) is 0 Å². The molecule has 1 heterocycles. The van der Waals surface area contributed by atoms with E-state index in [9.17, 15) is 26.4 Å². The first-order valence-electron chi connectivity index (χ1n) is 10.4. The van der Waals surface area contributed by atoms with Crippen LogP contribution in [0.5, 0.6) is 0 Å². The second-order valence-corrected chi connectivity index (χ2v) is 9.69. The highest BCUT2D eigenvalue weighted by atomic mass is 32.2.